The van der Waals surface area contributed by atoms with E-state index in [9.17, 15) is 0 Å². The van der Waals surface area contributed by atoms with E-state index in [-0.39, 0.29) is 0 Å². The van der Waals surface area contributed by atoms with E-state index >= 15 is 0 Å². The summed E-state index contributed by atoms with van der Waals surface area (Å²) in [5, 5.41) is 3.51. The highest BCUT2D eigenvalue weighted by Gasteiger charge is 2.55. The molecule has 1 nitrogen and oxygen atoms in total. The van der Waals surface area contributed by atoms with Crippen LogP contribution >= 0.6 is 27.3 Å². The van der Waals surface area contributed by atoms with Gasteiger partial charge in [0.1, 0.15) is 0 Å². The molecule has 0 aliphatic heterocycles. The quantitative estimate of drug-likeness (QED) is 0.890. The molecule has 82 valence electrons. The van der Waals surface area contributed by atoms with Crippen molar-refractivity contribution in [3.05, 3.63) is 20.8 Å². The van der Waals surface area contributed by atoms with Gasteiger partial charge in [0.2, 0.25) is 0 Å². The molecular formula is C12H16BrNS. The maximum atomic E-state index is 3.55. The number of nitrogens with one attached hydrogen (secondary N) is 1. The second-order valence-electron chi connectivity index (χ2n) is 4.74. The van der Waals surface area contributed by atoms with Gasteiger partial charge >= 0.3 is 0 Å². The zero-order valence-corrected chi connectivity index (χ0v) is 11.3. The van der Waals surface area contributed by atoms with Crippen molar-refractivity contribution in [2.45, 2.75) is 25.3 Å². The first-order valence-electron chi connectivity index (χ1n) is 5.74. The third-order valence-corrected chi connectivity index (χ3v) is 5.78. The van der Waals surface area contributed by atoms with Crippen LogP contribution in [0.5, 0.6) is 0 Å². The molecule has 3 heteroatoms. The molecule has 3 unspecified atom stereocenters. The standard InChI is InChI=1S/C12H16BrNS/c1-14-12(9-5-6-10(13)15-9)11-7-3-2-4-8(7)11/h5-8,11-12,14H,2-4H2,1H3. The Kier molecular flexibility index (Phi) is 2.65. The highest BCUT2D eigenvalue weighted by Crippen LogP contribution is 2.62. The highest BCUT2D eigenvalue weighted by atomic mass is 79.9. The Morgan fingerprint density at radius 2 is 2.13 bits per heavy atom. The second kappa shape index (κ2) is 3.86. The molecule has 0 saturated heterocycles. The smallest absolute Gasteiger partial charge is 0.0701 e. The predicted molar refractivity (Wildman–Crippen MR) is 68.1 cm³/mol. The molecule has 1 heterocycles. The van der Waals surface area contributed by atoms with Crippen molar-refractivity contribution in [3.8, 4) is 0 Å². The zero-order valence-electron chi connectivity index (χ0n) is 8.87. The Morgan fingerprint density at radius 1 is 1.40 bits per heavy atom. The van der Waals surface area contributed by atoms with Gasteiger partial charge in [-0.15, -0.1) is 11.3 Å². The lowest BCUT2D eigenvalue weighted by Gasteiger charge is -2.16. The molecule has 2 aliphatic carbocycles. The van der Waals surface area contributed by atoms with E-state index in [0.717, 1.165) is 17.8 Å². The van der Waals surface area contributed by atoms with Gasteiger partial charge in [-0.3, -0.25) is 0 Å². The minimum atomic E-state index is 0.608. The average Bonchev–Trinajstić information content (AvgIpc) is 2.67. The molecule has 0 radical (unpaired) electrons. The van der Waals surface area contributed by atoms with Gasteiger partial charge in [-0.05, 0) is 65.7 Å². The van der Waals surface area contributed by atoms with Gasteiger partial charge in [0.15, 0.2) is 0 Å². The summed E-state index contributed by atoms with van der Waals surface area (Å²) in [5.41, 5.74) is 0. The first-order valence-corrected chi connectivity index (χ1v) is 7.34. The zero-order chi connectivity index (χ0) is 10.4. The van der Waals surface area contributed by atoms with Crippen molar-refractivity contribution in [1.82, 2.24) is 5.32 Å². The number of thiophene rings is 1. The van der Waals surface area contributed by atoms with Crippen molar-refractivity contribution >= 4 is 27.3 Å². The van der Waals surface area contributed by atoms with Gasteiger partial charge in [0.05, 0.1) is 3.79 Å². The molecule has 1 aromatic heterocycles. The summed E-state index contributed by atoms with van der Waals surface area (Å²) in [5.74, 6) is 2.99. The SMILES string of the molecule is CNC(c1ccc(Br)s1)C1C2CCCC21. The molecule has 2 saturated carbocycles. The maximum Gasteiger partial charge on any atom is 0.0701 e. The number of fused-ring (bicyclic) bond motifs is 1. The van der Waals surface area contributed by atoms with Crippen molar-refractivity contribution in [3.63, 3.8) is 0 Å². The summed E-state index contributed by atoms with van der Waals surface area (Å²) < 4.78 is 1.25. The molecule has 3 rings (SSSR count). The van der Waals surface area contributed by atoms with Crippen molar-refractivity contribution in [2.24, 2.45) is 17.8 Å². The predicted octanol–water partition coefficient (Wildman–Crippen LogP) is 3.82. The van der Waals surface area contributed by atoms with Gasteiger partial charge < -0.3 is 5.32 Å². The lowest BCUT2D eigenvalue weighted by molar-refractivity contribution is 0.450. The van der Waals surface area contributed by atoms with Crippen LogP contribution in [-0.2, 0) is 0 Å². The van der Waals surface area contributed by atoms with Gasteiger partial charge in [0.25, 0.3) is 0 Å². The fourth-order valence-electron chi connectivity index (χ4n) is 3.39. The molecule has 1 N–H and O–H groups in total. The minimum absolute atomic E-state index is 0.608. The fourth-order valence-corrected chi connectivity index (χ4v) is 4.98. The van der Waals surface area contributed by atoms with Gasteiger partial charge in [-0.2, -0.15) is 0 Å². The van der Waals surface area contributed by atoms with E-state index in [1.54, 1.807) is 0 Å². The Bertz CT molecular complexity index is 352. The van der Waals surface area contributed by atoms with Crippen LogP contribution in [0.15, 0.2) is 15.9 Å². The molecule has 0 amide bonds. The van der Waals surface area contributed by atoms with Crippen LogP contribution in [0.4, 0.5) is 0 Å². The third kappa shape index (κ3) is 1.69. The summed E-state index contributed by atoms with van der Waals surface area (Å²) in [6, 6.07) is 5.04. The minimum Gasteiger partial charge on any atom is -0.312 e. The van der Waals surface area contributed by atoms with E-state index in [1.165, 1.54) is 27.9 Å². The van der Waals surface area contributed by atoms with Crippen LogP contribution in [0.1, 0.15) is 30.2 Å². The van der Waals surface area contributed by atoms with E-state index in [1.807, 2.05) is 11.3 Å². The van der Waals surface area contributed by atoms with Crippen molar-refractivity contribution < 1.29 is 0 Å². The van der Waals surface area contributed by atoms with Crippen LogP contribution in [0, 0.1) is 17.8 Å². The molecule has 3 atom stereocenters. The van der Waals surface area contributed by atoms with Gasteiger partial charge in [-0.1, -0.05) is 6.42 Å². The van der Waals surface area contributed by atoms with Crippen molar-refractivity contribution in [2.75, 3.05) is 7.05 Å². The first kappa shape index (κ1) is 10.3. The molecule has 0 aromatic carbocycles. The van der Waals surface area contributed by atoms with Crippen LogP contribution < -0.4 is 5.32 Å². The summed E-state index contributed by atoms with van der Waals surface area (Å²) >= 11 is 5.43. The lowest BCUT2D eigenvalue weighted by atomic mass is 10.0. The van der Waals surface area contributed by atoms with Crippen LogP contribution in [0.25, 0.3) is 0 Å². The number of hydrogen-bond donors (Lipinski definition) is 1. The summed E-state index contributed by atoms with van der Waals surface area (Å²) in [6.07, 6.45) is 4.41. The normalized spacial score (nSPS) is 35.2. The number of hydrogen-bond acceptors (Lipinski definition) is 2. The van der Waals surface area contributed by atoms with Crippen molar-refractivity contribution in [1.29, 1.82) is 0 Å². The van der Waals surface area contributed by atoms with Crippen LogP contribution in [-0.4, -0.2) is 7.05 Å². The average molecular weight is 286 g/mol. The van der Waals surface area contributed by atoms with Gasteiger partial charge in [0, 0.05) is 10.9 Å². The molecule has 0 bridgehead atoms. The Hall–Kier alpha value is 0.140. The molecule has 2 aliphatic rings. The maximum absolute atomic E-state index is 3.55. The second-order valence-corrected chi connectivity index (χ2v) is 7.24. The van der Waals surface area contributed by atoms with Crippen LogP contribution in [0.3, 0.4) is 0 Å². The molecule has 1 aromatic rings. The molecule has 0 spiro atoms. The lowest BCUT2D eigenvalue weighted by Crippen LogP contribution is -2.19. The van der Waals surface area contributed by atoms with Gasteiger partial charge in [-0.25, -0.2) is 0 Å². The monoisotopic (exact) mass is 285 g/mol. The number of rotatable bonds is 3. The topological polar surface area (TPSA) is 12.0 Å². The largest absolute Gasteiger partial charge is 0.312 e. The summed E-state index contributed by atoms with van der Waals surface area (Å²) in [4.78, 5) is 1.50. The van der Waals surface area contributed by atoms with E-state index in [0.29, 0.717) is 6.04 Å². The molecular weight excluding hydrogens is 270 g/mol. The molecule has 15 heavy (non-hydrogen) atoms. The van der Waals surface area contributed by atoms with E-state index in [4.69, 9.17) is 0 Å². The third-order valence-electron chi connectivity index (χ3n) is 4.07. The first-order chi connectivity index (χ1) is 7.31. The van der Waals surface area contributed by atoms with Crippen LogP contribution in [0.2, 0.25) is 0 Å². The Labute approximate surface area is 103 Å². The summed E-state index contributed by atoms with van der Waals surface area (Å²) in [6.45, 7) is 0. The molecule has 2 fully saturated rings. The highest BCUT2D eigenvalue weighted by molar-refractivity contribution is 9.11. The Balaban J connectivity index is 1.78. The number of halogens is 1. The summed E-state index contributed by atoms with van der Waals surface area (Å²) in [7, 11) is 2.10. The van der Waals surface area contributed by atoms with E-state index in [2.05, 4.69) is 40.4 Å². The Morgan fingerprint density at radius 3 is 2.67 bits per heavy atom. The van der Waals surface area contributed by atoms with E-state index < -0.39 is 0 Å². The fraction of sp³-hybridized carbons (Fsp3) is 0.667.